The van der Waals surface area contributed by atoms with Crippen molar-refractivity contribution in [3.05, 3.63) is 33.9 Å². The van der Waals surface area contributed by atoms with E-state index in [1.807, 2.05) is 19.2 Å². The van der Waals surface area contributed by atoms with Gasteiger partial charge in [0.05, 0.1) is 5.69 Å². The van der Waals surface area contributed by atoms with Gasteiger partial charge in [0.25, 0.3) is 0 Å². The molecule has 0 aromatic carbocycles. The summed E-state index contributed by atoms with van der Waals surface area (Å²) in [7, 11) is 0. The topological polar surface area (TPSA) is 32.3 Å². The molecule has 0 radical (unpaired) electrons. The Morgan fingerprint density at radius 1 is 1.16 bits per heavy atom. The number of rotatable bonds is 2. The van der Waals surface area contributed by atoms with Crippen LogP contribution in [0.5, 0.6) is 0 Å². The second-order valence-corrected chi connectivity index (χ2v) is 6.33. The molecule has 2 aromatic heterocycles. The molecule has 1 saturated heterocycles. The number of aromatic nitrogens is 2. The van der Waals surface area contributed by atoms with Crippen LogP contribution in [0, 0.1) is 6.92 Å². The molecule has 0 unspecified atom stereocenters. The molecule has 6 heteroatoms. The van der Waals surface area contributed by atoms with Crippen LogP contribution < -0.4 is 9.80 Å². The number of hydrogen-bond acceptors (Lipinski definition) is 5. The Morgan fingerprint density at radius 2 is 1.89 bits per heavy atom. The van der Waals surface area contributed by atoms with Gasteiger partial charge in [0.2, 0.25) is 0 Å². The van der Waals surface area contributed by atoms with E-state index in [2.05, 4.69) is 47.1 Å². The highest BCUT2D eigenvalue weighted by molar-refractivity contribution is 9.10. The van der Waals surface area contributed by atoms with Crippen molar-refractivity contribution in [2.45, 2.75) is 6.92 Å². The molecular weight excluding hydrogens is 324 g/mol. The fraction of sp³-hybridized carbons (Fsp3) is 0.385. The lowest BCUT2D eigenvalue weighted by Crippen LogP contribution is -2.46. The average Bonchev–Trinajstić information content (AvgIpc) is 2.87. The number of aryl methyl sites for hydroxylation is 1. The molecule has 3 heterocycles. The SMILES string of the molecule is Cc1csc(N2CCN(c3ccc(Br)cn3)CC2)n1. The lowest BCUT2D eigenvalue weighted by atomic mass is 10.3. The van der Waals surface area contributed by atoms with Crippen molar-refractivity contribution in [3.63, 3.8) is 0 Å². The van der Waals surface area contributed by atoms with Crippen LogP contribution in [-0.4, -0.2) is 36.1 Å². The second-order valence-electron chi connectivity index (χ2n) is 4.58. The Hall–Kier alpha value is -1.14. The maximum absolute atomic E-state index is 4.55. The van der Waals surface area contributed by atoms with Crippen LogP contribution in [0.25, 0.3) is 0 Å². The fourth-order valence-corrected chi connectivity index (χ4v) is 3.26. The van der Waals surface area contributed by atoms with Crippen LogP contribution in [0.15, 0.2) is 28.2 Å². The van der Waals surface area contributed by atoms with Gasteiger partial charge in [-0.15, -0.1) is 11.3 Å². The molecule has 0 aliphatic carbocycles. The lowest BCUT2D eigenvalue weighted by molar-refractivity contribution is 0.645. The molecule has 19 heavy (non-hydrogen) atoms. The minimum absolute atomic E-state index is 0.993. The molecule has 0 amide bonds. The van der Waals surface area contributed by atoms with Gasteiger partial charge in [-0.25, -0.2) is 9.97 Å². The Morgan fingerprint density at radius 3 is 2.47 bits per heavy atom. The van der Waals surface area contributed by atoms with Crippen LogP contribution in [0.2, 0.25) is 0 Å². The van der Waals surface area contributed by atoms with E-state index >= 15 is 0 Å². The Kier molecular flexibility index (Phi) is 3.70. The van der Waals surface area contributed by atoms with E-state index in [1.54, 1.807) is 11.3 Å². The monoisotopic (exact) mass is 338 g/mol. The van der Waals surface area contributed by atoms with Crippen molar-refractivity contribution in [2.24, 2.45) is 0 Å². The number of piperazine rings is 1. The number of thiazole rings is 1. The van der Waals surface area contributed by atoms with E-state index in [0.29, 0.717) is 0 Å². The largest absolute Gasteiger partial charge is 0.353 e. The van der Waals surface area contributed by atoms with Crippen LogP contribution >= 0.6 is 27.3 Å². The molecule has 100 valence electrons. The van der Waals surface area contributed by atoms with Gasteiger partial charge in [-0.2, -0.15) is 0 Å². The summed E-state index contributed by atoms with van der Waals surface area (Å²) in [5.41, 5.74) is 1.11. The van der Waals surface area contributed by atoms with Gasteiger partial charge in [0, 0.05) is 42.2 Å². The van der Waals surface area contributed by atoms with Gasteiger partial charge in [-0.05, 0) is 35.0 Å². The summed E-state index contributed by atoms with van der Waals surface area (Å²) in [6, 6.07) is 4.10. The van der Waals surface area contributed by atoms with Crippen molar-refractivity contribution >= 4 is 38.2 Å². The summed E-state index contributed by atoms with van der Waals surface area (Å²) in [5, 5.41) is 3.25. The normalized spacial score (nSPS) is 15.9. The average molecular weight is 339 g/mol. The Bertz CT molecular complexity index is 546. The summed E-state index contributed by atoms with van der Waals surface area (Å²) in [4.78, 5) is 13.7. The Balaban J connectivity index is 1.64. The van der Waals surface area contributed by atoms with Crippen LogP contribution in [0.4, 0.5) is 10.9 Å². The highest BCUT2D eigenvalue weighted by Crippen LogP contribution is 2.23. The molecule has 0 N–H and O–H groups in total. The summed E-state index contributed by atoms with van der Waals surface area (Å²) in [6.45, 7) is 6.04. The number of anilines is 2. The van der Waals surface area contributed by atoms with Gasteiger partial charge in [0.15, 0.2) is 5.13 Å². The first-order valence-electron chi connectivity index (χ1n) is 6.26. The van der Waals surface area contributed by atoms with Crippen molar-refractivity contribution in [1.29, 1.82) is 0 Å². The molecule has 1 fully saturated rings. The van der Waals surface area contributed by atoms with Crippen LogP contribution in [-0.2, 0) is 0 Å². The maximum Gasteiger partial charge on any atom is 0.185 e. The van der Waals surface area contributed by atoms with Crippen molar-refractivity contribution < 1.29 is 0 Å². The highest BCUT2D eigenvalue weighted by Gasteiger charge is 2.19. The minimum Gasteiger partial charge on any atom is -0.353 e. The van der Waals surface area contributed by atoms with Crippen LogP contribution in [0.1, 0.15) is 5.69 Å². The number of pyridine rings is 1. The van der Waals surface area contributed by atoms with E-state index in [0.717, 1.165) is 47.3 Å². The molecule has 1 aliphatic rings. The van der Waals surface area contributed by atoms with Crippen LogP contribution in [0.3, 0.4) is 0 Å². The predicted octanol–water partition coefficient (Wildman–Crippen LogP) is 2.94. The molecule has 3 rings (SSSR count). The zero-order valence-corrected chi connectivity index (χ0v) is 13.1. The van der Waals surface area contributed by atoms with Crippen molar-refractivity contribution in [3.8, 4) is 0 Å². The van der Waals surface area contributed by atoms with Crippen molar-refractivity contribution in [2.75, 3.05) is 36.0 Å². The van der Waals surface area contributed by atoms with Gasteiger partial charge in [-0.3, -0.25) is 0 Å². The molecular formula is C13H15BrN4S. The van der Waals surface area contributed by atoms with E-state index in [4.69, 9.17) is 0 Å². The van der Waals surface area contributed by atoms with Gasteiger partial charge in [-0.1, -0.05) is 0 Å². The van der Waals surface area contributed by atoms with Gasteiger partial charge >= 0.3 is 0 Å². The molecule has 0 bridgehead atoms. The van der Waals surface area contributed by atoms with E-state index in [-0.39, 0.29) is 0 Å². The van der Waals surface area contributed by atoms with E-state index < -0.39 is 0 Å². The van der Waals surface area contributed by atoms with Gasteiger partial charge < -0.3 is 9.80 Å². The Labute approximate surface area is 125 Å². The van der Waals surface area contributed by atoms with E-state index in [1.165, 1.54) is 0 Å². The first-order chi connectivity index (χ1) is 9.22. The highest BCUT2D eigenvalue weighted by atomic mass is 79.9. The third-order valence-electron chi connectivity index (χ3n) is 3.19. The van der Waals surface area contributed by atoms with E-state index in [9.17, 15) is 0 Å². The van der Waals surface area contributed by atoms with Crippen molar-refractivity contribution in [1.82, 2.24) is 9.97 Å². The fourth-order valence-electron chi connectivity index (χ4n) is 2.17. The summed E-state index contributed by atoms with van der Waals surface area (Å²) < 4.78 is 1.02. The molecule has 0 saturated carbocycles. The number of halogens is 1. The predicted molar refractivity (Wildman–Crippen MR) is 83.2 cm³/mol. The maximum atomic E-state index is 4.55. The first kappa shape index (κ1) is 12.9. The lowest BCUT2D eigenvalue weighted by Gasteiger charge is -2.35. The zero-order chi connectivity index (χ0) is 13.2. The standard InChI is InChI=1S/C13H15BrN4S/c1-10-9-19-13(16-10)18-6-4-17(5-7-18)12-3-2-11(14)8-15-12/h2-3,8-9H,4-7H2,1H3. The first-order valence-corrected chi connectivity index (χ1v) is 7.93. The summed E-state index contributed by atoms with van der Waals surface area (Å²) in [5.74, 6) is 1.05. The summed E-state index contributed by atoms with van der Waals surface area (Å²) >= 11 is 5.15. The zero-order valence-electron chi connectivity index (χ0n) is 10.7. The quantitative estimate of drug-likeness (QED) is 0.842. The molecule has 0 spiro atoms. The summed E-state index contributed by atoms with van der Waals surface area (Å²) in [6.07, 6.45) is 1.85. The molecule has 4 nitrogen and oxygen atoms in total. The molecule has 2 aromatic rings. The number of nitrogens with zero attached hydrogens (tertiary/aromatic N) is 4. The third kappa shape index (κ3) is 2.90. The molecule has 0 atom stereocenters. The second kappa shape index (κ2) is 5.46. The smallest absolute Gasteiger partial charge is 0.185 e. The third-order valence-corrected chi connectivity index (χ3v) is 4.68. The number of hydrogen-bond donors (Lipinski definition) is 0. The minimum atomic E-state index is 0.993. The molecule has 1 aliphatic heterocycles. The van der Waals surface area contributed by atoms with Gasteiger partial charge in [0.1, 0.15) is 5.82 Å².